The summed E-state index contributed by atoms with van der Waals surface area (Å²) in [6.07, 6.45) is 3.26. The summed E-state index contributed by atoms with van der Waals surface area (Å²) in [4.78, 5) is 4.64. The lowest BCUT2D eigenvalue weighted by molar-refractivity contribution is 0.560. The number of sulfone groups is 1. The van der Waals surface area contributed by atoms with Gasteiger partial charge >= 0.3 is 0 Å². The van der Waals surface area contributed by atoms with Crippen LogP contribution < -0.4 is 5.32 Å². The number of rotatable bonds is 5. The van der Waals surface area contributed by atoms with Gasteiger partial charge < -0.3 is 5.32 Å². The first-order chi connectivity index (χ1) is 9.87. The fourth-order valence-corrected chi connectivity index (χ4v) is 4.28. The Balaban J connectivity index is 1.78. The van der Waals surface area contributed by atoms with E-state index in [1.165, 1.54) is 6.26 Å². The normalized spacial score (nSPS) is 16.9. The van der Waals surface area contributed by atoms with Gasteiger partial charge in [0, 0.05) is 23.6 Å². The van der Waals surface area contributed by atoms with Gasteiger partial charge in [0.15, 0.2) is 0 Å². The molecule has 21 heavy (non-hydrogen) atoms. The molecule has 5 heteroatoms. The first-order valence-electron chi connectivity index (χ1n) is 7.15. The van der Waals surface area contributed by atoms with E-state index >= 15 is 0 Å². The average Bonchev–Trinajstić information content (AvgIpc) is 3.14. The van der Waals surface area contributed by atoms with Gasteiger partial charge in [-0.1, -0.05) is 18.2 Å². The Labute approximate surface area is 125 Å². The zero-order chi connectivity index (χ0) is 15.1. The highest BCUT2D eigenvalue weighted by Crippen LogP contribution is 2.46. The molecule has 1 aromatic carbocycles. The molecule has 0 spiro atoms. The van der Waals surface area contributed by atoms with Crippen molar-refractivity contribution >= 4 is 26.6 Å². The maximum absolute atomic E-state index is 11.5. The highest BCUT2D eigenvalue weighted by molar-refractivity contribution is 7.90. The number of aromatic nitrogens is 1. The zero-order valence-corrected chi connectivity index (χ0v) is 13.2. The van der Waals surface area contributed by atoms with Crippen LogP contribution in [0.3, 0.4) is 0 Å². The number of para-hydroxylation sites is 1. The van der Waals surface area contributed by atoms with Gasteiger partial charge in [-0.25, -0.2) is 13.4 Å². The third-order valence-electron chi connectivity index (χ3n) is 4.07. The minimum atomic E-state index is -2.93. The summed E-state index contributed by atoms with van der Waals surface area (Å²) < 4.78 is 23.0. The molecule has 112 valence electrons. The van der Waals surface area contributed by atoms with E-state index in [1.54, 1.807) is 0 Å². The minimum absolute atomic E-state index is 0.0899. The van der Waals surface area contributed by atoms with Crippen LogP contribution in [-0.4, -0.2) is 32.0 Å². The molecule has 0 saturated heterocycles. The second-order valence-electron chi connectivity index (χ2n) is 6.27. The predicted octanol–water partition coefficient (Wildman–Crippen LogP) is 2.78. The number of hydrogen-bond acceptors (Lipinski definition) is 4. The number of nitrogens with one attached hydrogen (secondary N) is 1. The molecule has 0 aliphatic heterocycles. The summed E-state index contributed by atoms with van der Waals surface area (Å²) in [6.45, 7) is 2.70. The number of fused-ring (bicyclic) bond motifs is 1. The van der Waals surface area contributed by atoms with Crippen molar-refractivity contribution in [2.45, 2.75) is 19.8 Å². The Morgan fingerprint density at radius 2 is 2.00 bits per heavy atom. The van der Waals surface area contributed by atoms with Crippen molar-refractivity contribution in [2.24, 2.45) is 5.41 Å². The van der Waals surface area contributed by atoms with Crippen LogP contribution in [0.4, 0.5) is 5.82 Å². The van der Waals surface area contributed by atoms with Crippen LogP contribution in [0.2, 0.25) is 0 Å². The van der Waals surface area contributed by atoms with Gasteiger partial charge in [-0.2, -0.15) is 0 Å². The number of pyridine rings is 1. The highest BCUT2D eigenvalue weighted by Gasteiger charge is 2.45. The summed E-state index contributed by atoms with van der Waals surface area (Å²) in [7, 11) is -2.93. The lowest BCUT2D eigenvalue weighted by atomic mass is 10.1. The zero-order valence-electron chi connectivity index (χ0n) is 12.4. The van der Waals surface area contributed by atoms with E-state index in [-0.39, 0.29) is 11.2 Å². The molecule has 2 aromatic rings. The molecule has 0 atom stereocenters. The predicted molar refractivity (Wildman–Crippen MR) is 86.3 cm³/mol. The van der Waals surface area contributed by atoms with Crippen molar-refractivity contribution in [3.8, 4) is 0 Å². The molecule has 1 fully saturated rings. The smallest absolute Gasteiger partial charge is 0.148 e. The van der Waals surface area contributed by atoms with Gasteiger partial charge in [-0.05, 0) is 37.5 Å². The summed E-state index contributed by atoms with van der Waals surface area (Å²) >= 11 is 0. The van der Waals surface area contributed by atoms with E-state index in [0.29, 0.717) is 6.54 Å². The van der Waals surface area contributed by atoms with Gasteiger partial charge in [0.05, 0.1) is 11.3 Å². The van der Waals surface area contributed by atoms with Crippen molar-refractivity contribution in [2.75, 3.05) is 23.9 Å². The molecular weight excluding hydrogens is 284 g/mol. The van der Waals surface area contributed by atoms with Crippen LogP contribution in [0.5, 0.6) is 0 Å². The van der Waals surface area contributed by atoms with E-state index in [0.717, 1.165) is 35.1 Å². The Morgan fingerprint density at radius 1 is 1.29 bits per heavy atom. The molecule has 0 amide bonds. The Morgan fingerprint density at radius 3 is 2.67 bits per heavy atom. The van der Waals surface area contributed by atoms with Crippen LogP contribution in [0.15, 0.2) is 30.3 Å². The van der Waals surface area contributed by atoms with Gasteiger partial charge in [0.1, 0.15) is 15.7 Å². The second kappa shape index (κ2) is 4.98. The molecular formula is C16H20N2O2S. The number of benzene rings is 1. The first kappa shape index (κ1) is 14.3. The van der Waals surface area contributed by atoms with E-state index < -0.39 is 9.84 Å². The monoisotopic (exact) mass is 304 g/mol. The summed E-state index contributed by atoms with van der Waals surface area (Å²) in [5, 5.41) is 4.48. The largest absolute Gasteiger partial charge is 0.369 e. The molecule has 1 N–H and O–H groups in total. The van der Waals surface area contributed by atoms with Crippen molar-refractivity contribution in [1.29, 1.82) is 0 Å². The Kier molecular flexibility index (Phi) is 3.40. The second-order valence-corrected chi connectivity index (χ2v) is 8.41. The fourth-order valence-electron chi connectivity index (χ4n) is 2.78. The van der Waals surface area contributed by atoms with E-state index in [2.05, 4.69) is 16.4 Å². The SMILES string of the molecule is Cc1cc2ccccc2nc1NCC1(CS(C)(=O)=O)CC1. The number of anilines is 1. The molecule has 0 unspecified atom stereocenters. The first-order valence-corrected chi connectivity index (χ1v) is 9.21. The Hall–Kier alpha value is -1.62. The third kappa shape index (κ3) is 3.35. The van der Waals surface area contributed by atoms with Crippen molar-refractivity contribution in [3.05, 3.63) is 35.9 Å². The highest BCUT2D eigenvalue weighted by atomic mass is 32.2. The van der Waals surface area contributed by atoms with E-state index in [4.69, 9.17) is 0 Å². The lowest BCUT2D eigenvalue weighted by Gasteiger charge is -2.17. The van der Waals surface area contributed by atoms with E-state index in [1.807, 2.05) is 31.2 Å². The fraction of sp³-hybridized carbons (Fsp3) is 0.438. The van der Waals surface area contributed by atoms with Gasteiger partial charge in [-0.15, -0.1) is 0 Å². The van der Waals surface area contributed by atoms with Crippen LogP contribution in [-0.2, 0) is 9.84 Å². The van der Waals surface area contributed by atoms with Crippen LogP contribution in [0.1, 0.15) is 18.4 Å². The van der Waals surface area contributed by atoms with Gasteiger partial charge in [0.25, 0.3) is 0 Å². The maximum Gasteiger partial charge on any atom is 0.148 e. The van der Waals surface area contributed by atoms with Gasteiger partial charge in [-0.3, -0.25) is 0 Å². The summed E-state index contributed by atoms with van der Waals surface area (Å²) in [5.74, 6) is 1.12. The van der Waals surface area contributed by atoms with Crippen LogP contribution in [0.25, 0.3) is 10.9 Å². The number of nitrogens with zero attached hydrogens (tertiary/aromatic N) is 1. The maximum atomic E-state index is 11.5. The molecule has 1 saturated carbocycles. The van der Waals surface area contributed by atoms with Crippen molar-refractivity contribution < 1.29 is 8.42 Å². The molecule has 1 aromatic heterocycles. The third-order valence-corrected chi connectivity index (χ3v) is 5.21. The topological polar surface area (TPSA) is 59.1 Å². The standard InChI is InChI=1S/C16H20N2O2S/c1-12-9-13-5-3-4-6-14(13)18-15(12)17-10-16(7-8-16)11-21(2,19)20/h3-6,9H,7-8,10-11H2,1-2H3,(H,17,18). The van der Waals surface area contributed by atoms with Crippen molar-refractivity contribution in [3.63, 3.8) is 0 Å². The molecule has 0 radical (unpaired) electrons. The van der Waals surface area contributed by atoms with Gasteiger partial charge in [0.2, 0.25) is 0 Å². The summed E-state index contributed by atoms with van der Waals surface area (Å²) in [6, 6.07) is 10.1. The lowest BCUT2D eigenvalue weighted by Crippen LogP contribution is -2.24. The quantitative estimate of drug-likeness (QED) is 0.923. The molecule has 4 nitrogen and oxygen atoms in total. The van der Waals surface area contributed by atoms with Crippen LogP contribution in [0, 0.1) is 12.3 Å². The Bertz CT molecular complexity index is 780. The number of aryl methyl sites for hydroxylation is 1. The summed E-state index contributed by atoms with van der Waals surface area (Å²) in [5.41, 5.74) is 1.95. The molecule has 1 aliphatic carbocycles. The number of hydrogen-bond donors (Lipinski definition) is 1. The molecule has 1 aliphatic rings. The molecule has 0 bridgehead atoms. The van der Waals surface area contributed by atoms with E-state index in [9.17, 15) is 8.42 Å². The minimum Gasteiger partial charge on any atom is -0.369 e. The van der Waals surface area contributed by atoms with Crippen molar-refractivity contribution in [1.82, 2.24) is 4.98 Å². The molecule has 1 heterocycles. The van der Waals surface area contributed by atoms with Crippen LogP contribution >= 0.6 is 0 Å². The molecule has 3 rings (SSSR count). The average molecular weight is 304 g/mol.